The second-order valence-electron chi connectivity index (χ2n) is 0.567. The zero-order valence-corrected chi connectivity index (χ0v) is 3.54. The third-order valence-corrected chi connectivity index (χ3v) is 0.475. The maximum Gasteiger partial charge on any atom is 0.269 e. The van der Waals surface area contributed by atoms with E-state index in [1.807, 2.05) is 0 Å². The van der Waals surface area contributed by atoms with Crippen LogP contribution in [-0.2, 0) is 11.3 Å². The summed E-state index contributed by atoms with van der Waals surface area (Å²) in [7, 11) is 0. The first kappa shape index (κ1) is 5.75. The molecule has 0 radical (unpaired) electrons. The van der Waals surface area contributed by atoms with Crippen LogP contribution in [0.4, 0.5) is 8.78 Å². The molecule has 0 aromatic rings. The number of hydrogen-bond donors (Lipinski definition) is 0. The van der Waals surface area contributed by atoms with Crippen LogP contribution in [0.3, 0.4) is 0 Å². The standard InChI is InChI=1S/C2H2F2OS/c3-2(4)1-6-5/h1-2H. The molecule has 0 spiro atoms. The van der Waals surface area contributed by atoms with Gasteiger partial charge in [0.25, 0.3) is 6.43 Å². The van der Waals surface area contributed by atoms with Crippen molar-refractivity contribution in [3.05, 3.63) is 0 Å². The van der Waals surface area contributed by atoms with Gasteiger partial charge in [-0.15, -0.1) is 0 Å². The Bertz CT molecular complexity index is 75.6. The number of hydrogen-bond acceptors (Lipinski definition) is 1. The highest BCUT2D eigenvalue weighted by Gasteiger charge is 1.89. The summed E-state index contributed by atoms with van der Waals surface area (Å²) in [5, 5.41) is 0.319. The van der Waals surface area contributed by atoms with Gasteiger partial charge in [-0.3, -0.25) is 0 Å². The van der Waals surface area contributed by atoms with E-state index in [0.29, 0.717) is 5.37 Å². The minimum atomic E-state index is -2.58. The van der Waals surface area contributed by atoms with Gasteiger partial charge in [-0.25, -0.2) is 13.0 Å². The summed E-state index contributed by atoms with van der Waals surface area (Å²) in [6.07, 6.45) is -2.58. The van der Waals surface area contributed by atoms with Crippen LogP contribution in [-0.4, -0.2) is 16.0 Å². The molecule has 0 aromatic heterocycles. The summed E-state index contributed by atoms with van der Waals surface area (Å²) in [4.78, 5) is 0. The van der Waals surface area contributed by atoms with E-state index in [2.05, 4.69) is 0 Å². The summed E-state index contributed by atoms with van der Waals surface area (Å²) < 4.78 is 30.6. The molecule has 0 bridgehead atoms. The fourth-order valence-corrected chi connectivity index (χ4v) is 0.126. The van der Waals surface area contributed by atoms with Gasteiger partial charge in [-0.2, -0.15) is 0 Å². The lowest BCUT2D eigenvalue weighted by Gasteiger charge is -1.73. The number of alkyl halides is 2. The van der Waals surface area contributed by atoms with E-state index in [1.165, 1.54) is 0 Å². The highest BCUT2D eigenvalue weighted by Crippen LogP contribution is 1.81. The summed E-state index contributed by atoms with van der Waals surface area (Å²) in [6.45, 7) is 0. The van der Waals surface area contributed by atoms with Crippen LogP contribution in [0.2, 0.25) is 0 Å². The van der Waals surface area contributed by atoms with E-state index in [1.54, 1.807) is 0 Å². The SMILES string of the molecule is O=S=CC(F)F. The zero-order valence-electron chi connectivity index (χ0n) is 2.73. The average molecular weight is 112 g/mol. The van der Waals surface area contributed by atoms with Gasteiger partial charge in [-0.1, -0.05) is 0 Å². The van der Waals surface area contributed by atoms with E-state index in [4.69, 9.17) is 4.21 Å². The van der Waals surface area contributed by atoms with Crippen LogP contribution >= 0.6 is 0 Å². The Kier molecular flexibility index (Phi) is 2.84. The lowest BCUT2D eigenvalue weighted by Crippen LogP contribution is -1.87. The summed E-state index contributed by atoms with van der Waals surface area (Å²) in [6, 6.07) is 0. The van der Waals surface area contributed by atoms with Crippen LogP contribution < -0.4 is 0 Å². The van der Waals surface area contributed by atoms with Crippen molar-refractivity contribution in [1.29, 1.82) is 0 Å². The van der Waals surface area contributed by atoms with Gasteiger partial charge in [-0.05, 0) is 0 Å². The fourth-order valence-electron chi connectivity index (χ4n) is 0.0420. The summed E-state index contributed by atoms with van der Waals surface area (Å²) in [5.41, 5.74) is 0. The molecule has 0 N–H and O–H groups in total. The van der Waals surface area contributed by atoms with Crippen molar-refractivity contribution in [3.8, 4) is 0 Å². The number of rotatable bonds is 1. The highest BCUT2D eigenvalue weighted by molar-refractivity contribution is 7.64. The monoisotopic (exact) mass is 112 g/mol. The quantitative estimate of drug-likeness (QED) is 0.445. The van der Waals surface area contributed by atoms with E-state index >= 15 is 0 Å². The first-order chi connectivity index (χ1) is 2.77. The molecule has 0 rings (SSSR count). The van der Waals surface area contributed by atoms with Gasteiger partial charge < -0.3 is 0 Å². The molecule has 0 aromatic carbocycles. The zero-order chi connectivity index (χ0) is 4.99. The molecule has 4 heteroatoms. The average Bonchev–Trinajstić information content (AvgIpc) is 1.35. The van der Waals surface area contributed by atoms with Gasteiger partial charge in [0, 0.05) is 0 Å². The Hall–Kier alpha value is -0.250. The van der Waals surface area contributed by atoms with Gasteiger partial charge in [0.15, 0.2) is 0 Å². The first-order valence-corrected chi connectivity index (χ1v) is 1.98. The molecule has 0 fully saturated rings. The Balaban J connectivity index is 3.29. The van der Waals surface area contributed by atoms with Crippen molar-refractivity contribution in [2.75, 3.05) is 0 Å². The van der Waals surface area contributed by atoms with Crippen molar-refractivity contribution in [2.24, 2.45) is 0 Å². The predicted molar refractivity (Wildman–Crippen MR) is 20.2 cm³/mol. The molecular weight excluding hydrogens is 110 g/mol. The normalized spacial score (nSPS) is 8.50. The minimum absolute atomic E-state index is 0.215. The van der Waals surface area contributed by atoms with Gasteiger partial charge >= 0.3 is 0 Å². The predicted octanol–water partition coefficient (Wildman–Crippen LogP) is 0.267. The van der Waals surface area contributed by atoms with Gasteiger partial charge in [0.2, 0.25) is 0 Å². The molecule has 0 amide bonds. The molecule has 6 heavy (non-hydrogen) atoms. The van der Waals surface area contributed by atoms with E-state index in [-0.39, 0.29) is 11.3 Å². The van der Waals surface area contributed by atoms with Crippen LogP contribution in [0.25, 0.3) is 0 Å². The Morgan fingerprint density at radius 1 is 1.67 bits per heavy atom. The molecule has 1 nitrogen and oxygen atoms in total. The Morgan fingerprint density at radius 3 is 2.17 bits per heavy atom. The second kappa shape index (κ2) is 2.96. The highest BCUT2D eigenvalue weighted by atomic mass is 32.1. The molecular formula is C2H2F2OS. The van der Waals surface area contributed by atoms with Crippen molar-refractivity contribution in [3.63, 3.8) is 0 Å². The maximum absolute atomic E-state index is 10.8. The first-order valence-electron chi connectivity index (χ1n) is 1.17. The van der Waals surface area contributed by atoms with Gasteiger partial charge in [0.1, 0.15) is 0 Å². The lowest BCUT2D eigenvalue weighted by atomic mass is 10.9. The molecule has 0 aliphatic heterocycles. The van der Waals surface area contributed by atoms with Crippen LogP contribution in [0.1, 0.15) is 0 Å². The summed E-state index contributed by atoms with van der Waals surface area (Å²) >= 11 is -0.215. The molecule has 0 unspecified atom stereocenters. The maximum atomic E-state index is 10.8. The molecule has 36 valence electrons. The van der Waals surface area contributed by atoms with Crippen molar-refractivity contribution in [1.82, 2.24) is 0 Å². The lowest BCUT2D eigenvalue weighted by molar-refractivity contribution is 0.234. The third kappa shape index (κ3) is 3.75. The number of halogens is 2. The molecule has 0 saturated heterocycles. The van der Waals surface area contributed by atoms with Gasteiger partial charge in [0.05, 0.1) is 16.6 Å². The minimum Gasteiger partial charge on any atom is -0.213 e. The Labute approximate surface area is 37.0 Å². The Morgan fingerprint density at radius 2 is 2.17 bits per heavy atom. The molecule has 0 aliphatic rings. The molecule has 0 saturated carbocycles. The second-order valence-corrected chi connectivity index (χ2v) is 1.03. The van der Waals surface area contributed by atoms with E-state index < -0.39 is 6.43 Å². The fraction of sp³-hybridized carbons (Fsp3) is 0.500. The molecule has 0 atom stereocenters. The van der Waals surface area contributed by atoms with E-state index in [0.717, 1.165) is 0 Å². The molecule has 0 heterocycles. The van der Waals surface area contributed by atoms with Crippen LogP contribution in [0.15, 0.2) is 0 Å². The smallest absolute Gasteiger partial charge is 0.213 e. The largest absolute Gasteiger partial charge is 0.269 e. The summed E-state index contributed by atoms with van der Waals surface area (Å²) in [5.74, 6) is 0. The van der Waals surface area contributed by atoms with Crippen molar-refractivity contribution < 1.29 is 13.0 Å². The third-order valence-electron chi connectivity index (χ3n) is 0.158. The van der Waals surface area contributed by atoms with Crippen molar-refractivity contribution >= 4 is 16.6 Å². The topological polar surface area (TPSA) is 17.1 Å². The molecule has 0 aliphatic carbocycles. The van der Waals surface area contributed by atoms with Crippen molar-refractivity contribution in [2.45, 2.75) is 6.43 Å². The van der Waals surface area contributed by atoms with E-state index in [9.17, 15) is 8.78 Å². The van der Waals surface area contributed by atoms with Crippen LogP contribution in [0, 0.1) is 0 Å². The van der Waals surface area contributed by atoms with Crippen LogP contribution in [0.5, 0.6) is 0 Å².